The van der Waals surface area contributed by atoms with Crippen molar-refractivity contribution < 1.29 is 0 Å². The third kappa shape index (κ3) is 2.76. The average molecular weight is 304 g/mol. The van der Waals surface area contributed by atoms with Crippen LogP contribution in [0.5, 0.6) is 0 Å². The van der Waals surface area contributed by atoms with Crippen molar-refractivity contribution in [2.75, 3.05) is 5.32 Å². The van der Waals surface area contributed by atoms with Crippen LogP contribution in [-0.4, -0.2) is 9.97 Å². The molecule has 102 valence electrons. The fraction of sp³-hybridized carbons (Fsp3) is 0.200. The monoisotopic (exact) mass is 303 g/mol. The molecule has 5 heteroatoms. The van der Waals surface area contributed by atoms with Crippen molar-refractivity contribution in [3.63, 3.8) is 0 Å². The molecule has 0 atom stereocenters. The lowest BCUT2D eigenvalue weighted by atomic mass is 10.1. The van der Waals surface area contributed by atoms with Crippen LogP contribution >= 0.6 is 22.9 Å². The number of alkyl halides is 1. The lowest BCUT2D eigenvalue weighted by molar-refractivity contribution is 1.10. The summed E-state index contributed by atoms with van der Waals surface area (Å²) in [4.78, 5) is 10.9. The van der Waals surface area contributed by atoms with Crippen LogP contribution in [-0.2, 0) is 12.4 Å². The summed E-state index contributed by atoms with van der Waals surface area (Å²) < 4.78 is 0. The fourth-order valence-electron chi connectivity index (χ4n) is 2.13. The minimum atomic E-state index is 0.537. The van der Waals surface area contributed by atoms with Crippen LogP contribution in [0.4, 0.5) is 5.82 Å². The van der Waals surface area contributed by atoms with Gasteiger partial charge >= 0.3 is 0 Å². The Morgan fingerprint density at radius 3 is 2.90 bits per heavy atom. The second kappa shape index (κ2) is 5.77. The van der Waals surface area contributed by atoms with E-state index in [0.29, 0.717) is 5.88 Å². The van der Waals surface area contributed by atoms with E-state index >= 15 is 0 Å². The number of halogens is 1. The van der Waals surface area contributed by atoms with E-state index in [1.165, 1.54) is 10.4 Å². The first-order valence-corrected chi connectivity index (χ1v) is 7.70. The van der Waals surface area contributed by atoms with E-state index in [1.807, 2.05) is 12.1 Å². The molecule has 3 nitrogen and oxygen atoms in total. The maximum atomic E-state index is 5.86. The molecule has 2 heterocycles. The SMILES string of the molecule is Cc1cc2c(NCc3cccc(CCl)c3)ncnc2s1. The summed E-state index contributed by atoms with van der Waals surface area (Å²) >= 11 is 7.54. The Balaban J connectivity index is 1.82. The highest BCUT2D eigenvalue weighted by Gasteiger charge is 2.06. The van der Waals surface area contributed by atoms with Gasteiger partial charge in [0, 0.05) is 17.3 Å². The number of anilines is 1. The van der Waals surface area contributed by atoms with Gasteiger partial charge in [0.2, 0.25) is 0 Å². The molecule has 1 N–H and O–H groups in total. The first-order valence-electron chi connectivity index (χ1n) is 6.35. The van der Waals surface area contributed by atoms with Gasteiger partial charge in [-0.3, -0.25) is 0 Å². The van der Waals surface area contributed by atoms with Gasteiger partial charge in [-0.1, -0.05) is 24.3 Å². The van der Waals surface area contributed by atoms with Gasteiger partial charge in [0.1, 0.15) is 17.0 Å². The molecule has 2 aromatic heterocycles. The number of nitrogens with one attached hydrogen (secondary N) is 1. The van der Waals surface area contributed by atoms with E-state index in [4.69, 9.17) is 11.6 Å². The van der Waals surface area contributed by atoms with Crippen LogP contribution < -0.4 is 5.32 Å². The molecule has 1 aromatic carbocycles. The van der Waals surface area contributed by atoms with Crippen LogP contribution in [0.15, 0.2) is 36.7 Å². The molecular weight excluding hydrogens is 290 g/mol. The summed E-state index contributed by atoms with van der Waals surface area (Å²) in [5, 5.41) is 4.47. The van der Waals surface area contributed by atoms with E-state index < -0.39 is 0 Å². The van der Waals surface area contributed by atoms with Gasteiger partial charge in [-0.25, -0.2) is 9.97 Å². The second-order valence-electron chi connectivity index (χ2n) is 4.61. The molecule has 0 amide bonds. The van der Waals surface area contributed by atoms with Gasteiger partial charge in [0.05, 0.1) is 5.39 Å². The zero-order valence-corrected chi connectivity index (χ0v) is 12.6. The summed E-state index contributed by atoms with van der Waals surface area (Å²) in [5.74, 6) is 1.42. The van der Waals surface area contributed by atoms with Crippen molar-refractivity contribution in [3.05, 3.63) is 52.7 Å². The average Bonchev–Trinajstić information content (AvgIpc) is 2.86. The molecule has 20 heavy (non-hydrogen) atoms. The highest BCUT2D eigenvalue weighted by atomic mass is 35.5. The van der Waals surface area contributed by atoms with Gasteiger partial charge in [-0.05, 0) is 24.1 Å². The van der Waals surface area contributed by atoms with Crippen molar-refractivity contribution in [1.82, 2.24) is 9.97 Å². The lowest BCUT2D eigenvalue weighted by Gasteiger charge is -2.07. The number of benzene rings is 1. The first-order chi connectivity index (χ1) is 9.76. The zero-order valence-electron chi connectivity index (χ0n) is 11.1. The molecule has 3 aromatic rings. The van der Waals surface area contributed by atoms with Gasteiger partial charge in [-0.2, -0.15) is 0 Å². The Kier molecular flexibility index (Phi) is 3.85. The predicted molar refractivity (Wildman–Crippen MR) is 85.5 cm³/mol. The summed E-state index contributed by atoms with van der Waals surface area (Å²) in [6.07, 6.45) is 1.61. The van der Waals surface area contributed by atoms with E-state index in [0.717, 1.165) is 28.1 Å². The maximum absolute atomic E-state index is 5.86. The maximum Gasteiger partial charge on any atom is 0.138 e. The Bertz CT molecular complexity index is 739. The fourth-order valence-corrected chi connectivity index (χ4v) is 3.14. The Hall–Kier alpha value is -1.65. The molecule has 0 saturated carbocycles. The molecule has 3 rings (SSSR count). The number of thiophene rings is 1. The highest BCUT2D eigenvalue weighted by molar-refractivity contribution is 7.18. The molecule has 0 aliphatic heterocycles. The third-order valence-corrected chi connectivity index (χ3v) is 4.33. The molecular formula is C15H14ClN3S. The smallest absolute Gasteiger partial charge is 0.138 e. The zero-order chi connectivity index (χ0) is 13.9. The van der Waals surface area contributed by atoms with E-state index in [9.17, 15) is 0 Å². The second-order valence-corrected chi connectivity index (χ2v) is 6.11. The van der Waals surface area contributed by atoms with Crippen LogP contribution in [0.2, 0.25) is 0 Å². The summed E-state index contributed by atoms with van der Waals surface area (Å²) in [6.45, 7) is 2.81. The Morgan fingerprint density at radius 1 is 1.20 bits per heavy atom. The largest absolute Gasteiger partial charge is 0.365 e. The number of fused-ring (bicyclic) bond motifs is 1. The normalized spacial score (nSPS) is 10.9. The van der Waals surface area contributed by atoms with Crippen LogP contribution in [0.3, 0.4) is 0 Å². The molecule has 0 aliphatic rings. The van der Waals surface area contributed by atoms with Crippen molar-refractivity contribution in [1.29, 1.82) is 0 Å². The van der Waals surface area contributed by atoms with Crippen LogP contribution in [0.1, 0.15) is 16.0 Å². The minimum Gasteiger partial charge on any atom is -0.365 e. The molecule has 0 unspecified atom stereocenters. The van der Waals surface area contributed by atoms with Crippen molar-refractivity contribution in [2.45, 2.75) is 19.3 Å². The number of aryl methyl sites for hydroxylation is 1. The summed E-state index contributed by atoms with van der Waals surface area (Å²) in [5.41, 5.74) is 2.33. The first kappa shape index (κ1) is 13.3. The summed E-state index contributed by atoms with van der Waals surface area (Å²) in [7, 11) is 0. The summed E-state index contributed by atoms with van der Waals surface area (Å²) in [6, 6.07) is 10.4. The van der Waals surface area contributed by atoms with Crippen molar-refractivity contribution in [2.24, 2.45) is 0 Å². The predicted octanol–water partition coefficient (Wildman–Crippen LogP) is 4.35. The van der Waals surface area contributed by atoms with Gasteiger partial charge in [-0.15, -0.1) is 22.9 Å². The molecule has 0 bridgehead atoms. The van der Waals surface area contributed by atoms with E-state index in [-0.39, 0.29) is 0 Å². The molecule has 0 fully saturated rings. The van der Waals surface area contributed by atoms with E-state index in [1.54, 1.807) is 17.7 Å². The number of hydrogen-bond donors (Lipinski definition) is 1. The standard InChI is InChI=1S/C15H14ClN3S/c1-10-5-13-14(18-9-19-15(13)20-10)17-8-12-4-2-3-11(6-12)7-16/h2-6,9H,7-8H2,1H3,(H,17,18,19). The minimum absolute atomic E-state index is 0.537. The number of nitrogens with zero attached hydrogens (tertiary/aromatic N) is 2. The molecule has 0 saturated heterocycles. The quantitative estimate of drug-likeness (QED) is 0.728. The van der Waals surface area contributed by atoms with Crippen molar-refractivity contribution >= 4 is 39.0 Å². The number of aromatic nitrogens is 2. The molecule has 0 aliphatic carbocycles. The number of hydrogen-bond acceptors (Lipinski definition) is 4. The molecule has 0 spiro atoms. The Labute approximate surface area is 126 Å². The van der Waals surface area contributed by atoms with Gasteiger partial charge in [0.25, 0.3) is 0 Å². The third-order valence-electron chi connectivity index (χ3n) is 3.06. The Morgan fingerprint density at radius 2 is 2.05 bits per heavy atom. The topological polar surface area (TPSA) is 37.8 Å². The lowest BCUT2D eigenvalue weighted by Crippen LogP contribution is -2.02. The van der Waals surface area contributed by atoms with Crippen molar-refractivity contribution in [3.8, 4) is 0 Å². The van der Waals surface area contributed by atoms with E-state index in [2.05, 4.69) is 40.4 Å². The van der Waals surface area contributed by atoms with Crippen LogP contribution in [0.25, 0.3) is 10.2 Å². The van der Waals surface area contributed by atoms with Gasteiger partial charge in [0.15, 0.2) is 0 Å². The number of rotatable bonds is 4. The van der Waals surface area contributed by atoms with Crippen LogP contribution in [0, 0.1) is 6.92 Å². The highest BCUT2D eigenvalue weighted by Crippen LogP contribution is 2.27. The van der Waals surface area contributed by atoms with Gasteiger partial charge < -0.3 is 5.32 Å². The molecule has 0 radical (unpaired) electrons.